The number of hydrogen-bond donors (Lipinski definition) is 1. The SMILES string of the molecule is C[C@@H]1[C@H](C(=O)O)[C@H]1c1ccccc1. The van der Waals surface area contributed by atoms with Gasteiger partial charge in [0, 0.05) is 5.92 Å². The van der Waals surface area contributed by atoms with Crippen molar-refractivity contribution in [3.8, 4) is 0 Å². The zero-order valence-corrected chi connectivity index (χ0v) is 7.47. The maximum Gasteiger partial charge on any atom is 0.307 e. The lowest BCUT2D eigenvalue weighted by molar-refractivity contribution is -0.138. The first-order valence-corrected chi connectivity index (χ1v) is 4.49. The number of hydrogen-bond acceptors (Lipinski definition) is 1. The van der Waals surface area contributed by atoms with Gasteiger partial charge >= 0.3 is 5.97 Å². The van der Waals surface area contributed by atoms with Crippen molar-refractivity contribution in [3.63, 3.8) is 0 Å². The summed E-state index contributed by atoms with van der Waals surface area (Å²) in [6, 6.07) is 9.87. The second-order valence-electron chi connectivity index (χ2n) is 3.66. The average molecular weight is 176 g/mol. The molecule has 1 aliphatic carbocycles. The smallest absolute Gasteiger partial charge is 0.307 e. The molecule has 1 N–H and O–H groups in total. The summed E-state index contributed by atoms with van der Waals surface area (Å²) in [5.41, 5.74) is 1.16. The molecule has 0 unspecified atom stereocenters. The third-order valence-corrected chi connectivity index (χ3v) is 2.85. The molecular formula is C11H12O2. The molecule has 0 amide bonds. The second kappa shape index (κ2) is 2.87. The number of carbonyl (C=O) groups is 1. The largest absolute Gasteiger partial charge is 0.481 e. The van der Waals surface area contributed by atoms with Crippen LogP contribution in [0, 0.1) is 11.8 Å². The van der Waals surface area contributed by atoms with Crippen LogP contribution in [0.3, 0.4) is 0 Å². The summed E-state index contributed by atoms with van der Waals surface area (Å²) < 4.78 is 0. The minimum absolute atomic E-state index is 0.164. The van der Waals surface area contributed by atoms with Gasteiger partial charge in [0.05, 0.1) is 5.92 Å². The van der Waals surface area contributed by atoms with Gasteiger partial charge in [-0.3, -0.25) is 4.79 Å². The van der Waals surface area contributed by atoms with Crippen LogP contribution >= 0.6 is 0 Å². The van der Waals surface area contributed by atoms with E-state index in [1.807, 2.05) is 37.3 Å². The Morgan fingerprint density at radius 2 is 1.92 bits per heavy atom. The van der Waals surface area contributed by atoms with E-state index in [9.17, 15) is 4.79 Å². The van der Waals surface area contributed by atoms with Crippen LogP contribution in [0.4, 0.5) is 0 Å². The average Bonchev–Trinajstić information content (AvgIpc) is 2.79. The Hall–Kier alpha value is -1.31. The summed E-state index contributed by atoms with van der Waals surface area (Å²) in [4.78, 5) is 10.8. The molecular weight excluding hydrogens is 164 g/mol. The maximum absolute atomic E-state index is 10.8. The van der Waals surface area contributed by atoms with Crippen LogP contribution < -0.4 is 0 Å². The molecule has 2 nitrogen and oxygen atoms in total. The fourth-order valence-electron chi connectivity index (χ4n) is 2.03. The summed E-state index contributed by atoms with van der Waals surface area (Å²) in [6.45, 7) is 2.00. The Kier molecular flexibility index (Phi) is 1.83. The van der Waals surface area contributed by atoms with E-state index >= 15 is 0 Å². The molecule has 0 aliphatic heterocycles. The van der Waals surface area contributed by atoms with E-state index in [-0.39, 0.29) is 11.8 Å². The Morgan fingerprint density at radius 3 is 2.38 bits per heavy atom. The van der Waals surface area contributed by atoms with Gasteiger partial charge < -0.3 is 5.11 Å². The summed E-state index contributed by atoms with van der Waals surface area (Å²) >= 11 is 0. The molecule has 2 heteroatoms. The fraction of sp³-hybridized carbons (Fsp3) is 0.364. The Bertz CT molecular complexity index is 318. The fourth-order valence-corrected chi connectivity index (χ4v) is 2.03. The van der Waals surface area contributed by atoms with Crippen LogP contribution in [-0.4, -0.2) is 11.1 Å². The van der Waals surface area contributed by atoms with Crippen molar-refractivity contribution in [2.75, 3.05) is 0 Å². The van der Waals surface area contributed by atoms with Crippen molar-refractivity contribution in [3.05, 3.63) is 35.9 Å². The van der Waals surface area contributed by atoms with Gasteiger partial charge in [-0.25, -0.2) is 0 Å². The van der Waals surface area contributed by atoms with Gasteiger partial charge in [-0.1, -0.05) is 37.3 Å². The Morgan fingerprint density at radius 1 is 1.31 bits per heavy atom. The predicted octanol–water partition coefficient (Wildman–Crippen LogP) is 2.12. The molecule has 1 aromatic rings. The summed E-state index contributed by atoms with van der Waals surface area (Å²) in [5.74, 6) is -0.303. The van der Waals surface area contributed by atoms with E-state index in [0.717, 1.165) is 5.56 Å². The molecule has 3 atom stereocenters. The lowest BCUT2D eigenvalue weighted by atomic mass is 10.1. The standard InChI is InChI=1S/C11H12O2/c1-7-9(10(7)11(12)13)8-5-3-2-4-6-8/h2-7,9-10H,1H3,(H,12,13)/t7-,9+,10-/m0/s1. The molecule has 68 valence electrons. The molecule has 2 rings (SSSR count). The lowest BCUT2D eigenvalue weighted by Crippen LogP contribution is -1.99. The van der Waals surface area contributed by atoms with Gasteiger partial charge in [-0.2, -0.15) is 0 Å². The van der Waals surface area contributed by atoms with E-state index in [2.05, 4.69) is 0 Å². The monoisotopic (exact) mass is 176 g/mol. The molecule has 0 radical (unpaired) electrons. The molecule has 0 heterocycles. The number of rotatable bonds is 2. The highest BCUT2D eigenvalue weighted by Gasteiger charge is 2.52. The van der Waals surface area contributed by atoms with Gasteiger partial charge in [0.2, 0.25) is 0 Å². The van der Waals surface area contributed by atoms with Gasteiger partial charge in [0.25, 0.3) is 0 Å². The molecule has 13 heavy (non-hydrogen) atoms. The number of carboxylic acids is 1. The number of benzene rings is 1. The van der Waals surface area contributed by atoms with Gasteiger partial charge in [0.15, 0.2) is 0 Å². The lowest BCUT2D eigenvalue weighted by Gasteiger charge is -1.96. The predicted molar refractivity (Wildman–Crippen MR) is 49.5 cm³/mol. The third-order valence-electron chi connectivity index (χ3n) is 2.85. The van der Waals surface area contributed by atoms with E-state index in [1.165, 1.54) is 0 Å². The van der Waals surface area contributed by atoms with Crippen LogP contribution in [0.5, 0.6) is 0 Å². The van der Waals surface area contributed by atoms with Gasteiger partial charge in [0.1, 0.15) is 0 Å². The van der Waals surface area contributed by atoms with Crippen LogP contribution in [0.2, 0.25) is 0 Å². The highest BCUT2D eigenvalue weighted by Crippen LogP contribution is 2.53. The molecule has 1 saturated carbocycles. The first-order chi connectivity index (χ1) is 6.22. The van der Waals surface area contributed by atoms with Gasteiger partial charge in [-0.05, 0) is 11.5 Å². The van der Waals surface area contributed by atoms with Crippen molar-refractivity contribution < 1.29 is 9.90 Å². The zero-order valence-electron chi connectivity index (χ0n) is 7.47. The first kappa shape index (κ1) is 8.30. The molecule has 0 spiro atoms. The number of carboxylic acid groups (broad SMARTS) is 1. The van der Waals surface area contributed by atoms with E-state index in [1.54, 1.807) is 0 Å². The van der Waals surface area contributed by atoms with Crippen molar-refractivity contribution >= 4 is 5.97 Å². The third kappa shape index (κ3) is 1.32. The van der Waals surface area contributed by atoms with E-state index < -0.39 is 5.97 Å². The topological polar surface area (TPSA) is 37.3 Å². The molecule has 0 saturated heterocycles. The quantitative estimate of drug-likeness (QED) is 0.749. The van der Waals surface area contributed by atoms with Crippen molar-refractivity contribution in [1.82, 2.24) is 0 Å². The molecule has 1 fully saturated rings. The summed E-state index contributed by atoms with van der Waals surface area (Å²) in [7, 11) is 0. The molecule has 0 bridgehead atoms. The number of aliphatic carboxylic acids is 1. The minimum atomic E-state index is -0.665. The van der Waals surface area contributed by atoms with Crippen LogP contribution in [0.25, 0.3) is 0 Å². The summed E-state index contributed by atoms with van der Waals surface area (Å²) in [6.07, 6.45) is 0. The highest BCUT2D eigenvalue weighted by molar-refractivity contribution is 5.76. The zero-order chi connectivity index (χ0) is 9.42. The van der Waals surface area contributed by atoms with Crippen LogP contribution in [0.1, 0.15) is 18.4 Å². The Labute approximate surface area is 77.2 Å². The van der Waals surface area contributed by atoms with Crippen molar-refractivity contribution in [2.24, 2.45) is 11.8 Å². The van der Waals surface area contributed by atoms with E-state index in [4.69, 9.17) is 5.11 Å². The van der Waals surface area contributed by atoms with Crippen molar-refractivity contribution in [1.29, 1.82) is 0 Å². The van der Waals surface area contributed by atoms with Crippen LogP contribution in [-0.2, 0) is 4.79 Å². The molecule has 1 aromatic carbocycles. The first-order valence-electron chi connectivity index (χ1n) is 4.49. The second-order valence-corrected chi connectivity index (χ2v) is 3.66. The van der Waals surface area contributed by atoms with Crippen molar-refractivity contribution in [2.45, 2.75) is 12.8 Å². The van der Waals surface area contributed by atoms with Gasteiger partial charge in [-0.15, -0.1) is 0 Å². The Balaban J connectivity index is 2.18. The maximum atomic E-state index is 10.8. The highest BCUT2D eigenvalue weighted by atomic mass is 16.4. The molecule has 1 aliphatic rings. The normalized spacial score (nSPS) is 31.3. The minimum Gasteiger partial charge on any atom is -0.481 e. The van der Waals surface area contributed by atoms with Crippen LogP contribution in [0.15, 0.2) is 30.3 Å². The van der Waals surface area contributed by atoms with E-state index in [0.29, 0.717) is 5.92 Å². The summed E-state index contributed by atoms with van der Waals surface area (Å²) in [5, 5.41) is 8.86. The molecule has 0 aromatic heterocycles.